The maximum Gasteiger partial charge on any atom is 0.0371 e. The van der Waals surface area contributed by atoms with E-state index < -0.39 is 0 Å². The van der Waals surface area contributed by atoms with Gasteiger partial charge in [0.05, 0.1) is 0 Å². The summed E-state index contributed by atoms with van der Waals surface area (Å²) in [6.07, 6.45) is 3.55. The van der Waals surface area contributed by atoms with Crippen molar-refractivity contribution in [2.24, 2.45) is 5.41 Å². The van der Waals surface area contributed by atoms with Crippen LogP contribution in [0.25, 0.3) is 0 Å². The average Bonchev–Trinajstić information content (AvgIpc) is 2.32. The van der Waals surface area contributed by atoms with Crippen LogP contribution in [0.4, 0.5) is 5.69 Å². The Labute approximate surface area is 124 Å². The average molecular weight is 323 g/mol. The molecular weight excluding hydrogens is 300 g/mol. The van der Waals surface area contributed by atoms with Crippen LogP contribution >= 0.6 is 15.9 Å². The van der Waals surface area contributed by atoms with Gasteiger partial charge in [-0.1, -0.05) is 54.4 Å². The standard InChI is InChI=1S/C16H23BrN2/c1-16(2,3)13-6-8-19(9-7-13)11-12-4-5-14(17)10-15(12)18/h4-6,10H,7-9,11,18H2,1-3H3. The lowest BCUT2D eigenvalue weighted by atomic mass is 9.83. The normalized spacial score (nSPS) is 17.4. The molecule has 1 heterocycles. The van der Waals surface area contributed by atoms with Gasteiger partial charge in [0.15, 0.2) is 0 Å². The first-order chi connectivity index (χ1) is 8.86. The Hall–Kier alpha value is -0.800. The summed E-state index contributed by atoms with van der Waals surface area (Å²) in [6, 6.07) is 6.16. The van der Waals surface area contributed by atoms with Gasteiger partial charge in [0.25, 0.3) is 0 Å². The van der Waals surface area contributed by atoms with Crippen molar-refractivity contribution in [1.82, 2.24) is 4.90 Å². The number of benzene rings is 1. The largest absolute Gasteiger partial charge is 0.398 e. The van der Waals surface area contributed by atoms with Crippen molar-refractivity contribution in [2.75, 3.05) is 18.8 Å². The first kappa shape index (κ1) is 14.6. The minimum atomic E-state index is 0.308. The molecular formula is C16H23BrN2. The molecule has 0 radical (unpaired) electrons. The lowest BCUT2D eigenvalue weighted by Gasteiger charge is -2.32. The van der Waals surface area contributed by atoms with Crippen molar-refractivity contribution in [1.29, 1.82) is 0 Å². The predicted molar refractivity (Wildman–Crippen MR) is 86.0 cm³/mol. The van der Waals surface area contributed by atoms with E-state index in [2.05, 4.69) is 59.8 Å². The number of nitrogen functional groups attached to an aromatic ring is 1. The summed E-state index contributed by atoms with van der Waals surface area (Å²) in [7, 11) is 0. The minimum Gasteiger partial charge on any atom is -0.398 e. The van der Waals surface area contributed by atoms with Gasteiger partial charge in [-0.25, -0.2) is 0 Å². The molecule has 0 spiro atoms. The van der Waals surface area contributed by atoms with Gasteiger partial charge in [0.2, 0.25) is 0 Å². The Morgan fingerprint density at radius 1 is 1.32 bits per heavy atom. The zero-order chi connectivity index (χ0) is 14.0. The fourth-order valence-electron chi connectivity index (χ4n) is 2.49. The number of nitrogens with two attached hydrogens (primary N) is 1. The van der Waals surface area contributed by atoms with E-state index in [9.17, 15) is 0 Å². The second-order valence-electron chi connectivity index (χ2n) is 6.31. The van der Waals surface area contributed by atoms with Crippen molar-refractivity contribution in [2.45, 2.75) is 33.7 Å². The zero-order valence-electron chi connectivity index (χ0n) is 12.0. The summed E-state index contributed by atoms with van der Waals surface area (Å²) in [6.45, 7) is 9.97. The van der Waals surface area contributed by atoms with Crippen LogP contribution in [0.1, 0.15) is 32.8 Å². The Kier molecular flexibility index (Phi) is 4.36. The van der Waals surface area contributed by atoms with E-state index in [4.69, 9.17) is 5.73 Å². The van der Waals surface area contributed by atoms with Gasteiger partial charge < -0.3 is 5.73 Å². The third-order valence-electron chi connectivity index (χ3n) is 3.76. The van der Waals surface area contributed by atoms with Gasteiger partial charge in [-0.05, 0) is 29.5 Å². The Balaban J connectivity index is 2.01. The predicted octanol–water partition coefficient (Wildman–Crippen LogP) is 4.21. The van der Waals surface area contributed by atoms with Crippen molar-refractivity contribution in [3.8, 4) is 0 Å². The highest BCUT2D eigenvalue weighted by atomic mass is 79.9. The van der Waals surface area contributed by atoms with Gasteiger partial charge in [-0.3, -0.25) is 4.90 Å². The topological polar surface area (TPSA) is 29.3 Å². The maximum atomic E-state index is 6.06. The molecule has 104 valence electrons. The van der Waals surface area contributed by atoms with Crippen molar-refractivity contribution in [3.05, 3.63) is 39.9 Å². The van der Waals surface area contributed by atoms with Crippen LogP contribution in [0.2, 0.25) is 0 Å². The highest BCUT2D eigenvalue weighted by molar-refractivity contribution is 9.10. The SMILES string of the molecule is CC(C)(C)C1=CCN(Cc2ccc(Br)cc2N)CC1. The molecule has 3 heteroatoms. The number of rotatable bonds is 2. The van der Waals surface area contributed by atoms with Gasteiger partial charge in [0.1, 0.15) is 0 Å². The molecule has 1 aliphatic heterocycles. The summed E-state index contributed by atoms with van der Waals surface area (Å²) in [4.78, 5) is 2.45. The van der Waals surface area contributed by atoms with E-state index in [0.717, 1.165) is 29.8 Å². The molecule has 0 atom stereocenters. The van der Waals surface area contributed by atoms with Crippen LogP contribution in [0.15, 0.2) is 34.3 Å². The number of hydrogen-bond donors (Lipinski definition) is 1. The first-order valence-electron chi connectivity index (χ1n) is 6.82. The summed E-state index contributed by atoms with van der Waals surface area (Å²) in [5, 5.41) is 0. The molecule has 2 rings (SSSR count). The molecule has 0 aromatic heterocycles. The molecule has 2 nitrogen and oxygen atoms in total. The maximum absolute atomic E-state index is 6.06. The molecule has 0 saturated heterocycles. The lowest BCUT2D eigenvalue weighted by Crippen LogP contribution is -2.31. The van der Waals surface area contributed by atoms with Crippen LogP contribution in [-0.4, -0.2) is 18.0 Å². The van der Waals surface area contributed by atoms with E-state index in [1.807, 2.05) is 6.07 Å². The van der Waals surface area contributed by atoms with Gasteiger partial charge in [-0.2, -0.15) is 0 Å². The van der Waals surface area contributed by atoms with Crippen LogP contribution in [0, 0.1) is 5.41 Å². The van der Waals surface area contributed by atoms with Gasteiger partial charge in [0, 0.05) is 29.8 Å². The van der Waals surface area contributed by atoms with E-state index >= 15 is 0 Å². The number of anilines is 1. The Morgan fingerprint density at radius 3 is 2.58 bits per heavy atom. The highest BCUT2D eigenvalue weighted by Gasteiger charge is 2.21. The van der Waals surface area contributed by atoms with Crippen LogP contribution in [0.5, 0.6) is 0 Å². The van der Waals surface area contributed by atoms with Crippen LogP contribution < -0.4 is 5.73 Å². The molecule has 1 aliphatic rings. The number of halogens is 1. The third kappa shape index (κ3) is 3.83. The Bertz CT molecular complexity index is 486. The molecule has 0 bridgehead atoms. The van der Waals surface area contributed by atoms with E-state index in [1.54, 1.807) is 5.57 Å². The molecule has 0 saturated carbocycles. The van der Waals surface area contributed by atoms with Crippen LogP contribution in [0.3, 0.4) is 0 Å². The molecule has 0 unspecified atom stereocenters. The summed E-state index contributed by atoms with van der Waals surface area (Å²) in [5.74, 6) is 0. The monoisotopic (exact) mass is 322 g/mol. The lowest BCUT2D eigenvalue weighted by molar-refractivity contribution is 0.272. The fraction of sp³-hybridized carbons (Fsp3) is 0.500. The van der Waals surface area contributed by atoms with E-state index in [-0.39, 0.29) is 0 Å². The smallest absolute Gasteiger partial charge is 0.0371 e. The van der Waals surface area contributed by atoms with Gasteiger partial charge >= 0.3 is 0 Å². The highest BCUT2D eigenvalue weighted by Crippen LogP contribution is 2.30. The molecule has 0 aliphatic carbocycles. The van der Waals surface area contributed by atoms with Crippen molar-refractivity contribution < 1.29 is 0 Å². The molecule has 0 fully saturated rings. The number of nitrogens with zero attached hydrogens (tertiary/aromatic N) is 1. The molecule has 2 N–H and O–H groups in total. The van der Waals surface area contributed by atoms with Gasteiger partial charge in [-0.15, -0.1) is 0 Å². The molecule has 1 aromatic rings. The summed E-state index contributed by atoms with van der Waals surface area (Å²) < 4.78 is 1.04. The second kappa shape index (κ2) is 5.68. The second-order valence-corrected chi connectivity index (χ2v) is 7.22. The fourth-order valence-corrected chi connectivity index (χ4v) is 2.87. The van der Waals surface area contributed by atoms with Crippen LogP contribution in [-0.2, 0) is 6.54 Å². The van der Waals surface area contributed by atoms with Crippen molar-refractivity contribution >= 4 is 21.6 Å². The zero-order valence-corrected chi connectivity index (χ0v) is 13.6. The quantitative estimate of drug-likeness (QED) is 0.652. The molecule has 19 heavy (non-hydrogen) atoms. The summed E-state index contributed by atoms with van der Waals surface area (Å²) in [5.41, 5.74) is 10.0. The van der Waals surface area contributed by atoms with E-state index in [0.29, 0.717) is 5.41 Å². The molecule has 0 amide bonds. The van der Waals surface area contributed by atoms with E-state index in [1.165, 1.54) is 12.0 Å². The number of hydrogen-bond acceptors (Lipinski definition) is 2. The van der Waals surface area contributed by atoms with Crippen molar-refractivity contribution in [3.63, 3.8) is 0 Å². The Morgan fingerprint density at radius 2 is 2.05 bits per heavy atom. The summed E-state index contributed by atoms with van der Waals surface area (Å²) >= 11 is 3.45. The third-order valence-corrected chi connectivity index (χ3v) is 4.25. The molecule has 1 aromatic carbocycles. The first-order valence-corrected chi connectivity index (χ1v) is 7.61. The minimum absolute atomic E-state index is 0.308.